The zero-order valence-corrected chi connectivity index (χ0v) is 11.8. The molecule has 102 valence electrons. The van der Waals surface area contributed by atoms with Crippen LogP contribution in [0.2, 0.25) is 0 Å². The SMILES string of the molecule is CCN(CC(C)C(=O)O)c1nc(C)cc(C)c1C#N. The van der Waals surface area contributed by atoms with E-state index < -0.39 is 11.9 Å². The zero-order chi connectivity index (χ0) is 14.6. The second-order valence-corrected chi connectivity index (χ2v) is 4.67. The second-order valence-electron chi connectivity index (χ2n) is 4.67. The van der Waals surface area contributed by atoms with Crippen molar-refractivity contribution in [2.75, 3.05) is 18.0 Å². The van der Waals surface area contributed by atoms with Crippen molar-refractivity contribution in [3.8, 4) is 6.07 Å². The van der Waals surface area contributed by atoms with E-state index in [1.165, 1.54) is 0 Å². The maximum Gasteiger partial charge on any atom is 0.308 e. The lowest BCUT2D eigenvalue weighted by Crippen LogP contribution is -2.33. The van der Waals surface area contributed by atoms with Crippen molar-refractivity contribution in [2.45, 2.75) is 27.7 Å². The van der Waals surface area contributed by atoms with Crippen LogP contribution in [0.5, 0.6) is 0 Å². The first-order chi connectivity index (χ1) is 8.90. The number of nitriles is 1. The van der Waals surface area contributed by atoms with Gasteiger partial charge < -0.3 is 10.0 Å². The lowest BCUT2D eigenvalue weighted by Gasteiger charge is -2.25. The fourth-order valence-electron chi connectivity index (χ4n) is 1.96. The van der Waals surface area contributed by atoms with Gasteiger partial charge in [-0.2, -0.15) is 5.26 Å². The molecule has 5 heteroatoms. The number of nitrogens with zero attached hydrogens (tertiary/aromatic N) is 3. The number of pyridine rings is 1. The van der Waals surface area contributed by atoms with Crippen molar-refractivity contribution in [3.05, 3.63) is 22.9 Å². The Kier molecular flexibility index (Phi) is 4.87. The molecule has 0 radical (unpaired) electrons. The van der Waals surface area contributed by atoms with E-state index in [1.807, 2.05) is 31.7 Å². The van der Waals surface area contributed by atoms with E-state index in [4.69, 9.17) is 5.11 Å². The Morgan fingerprint density at radius 1 is 1.58 bits per heavy atom. The van der Waals surface area contributed by atoms with Gasteiger partial charge in [0.15, 0.2) is 0 Å². The number of aromatic nitrogens is 1. The highest BCUT2D eigenvalue weighted by molar-refractivity contribution is 5.70. The fraction of sp³-hybridized carbons (Fsp3) is 0.500. The van der Waals surface area contributed by atoms with Crippen LogP contribution in [-0.2, 0) is 4.79 Å². The smallest absolute Gasteiger partial charge is 0.308 e. The Balaban J connectivity index is 3.18. The van der Waals surface area contributed by atoms with Crippen LogP contribution in [0.15, 0.2) is 6.07 Å². The topological polar surface area (TPSA) is 77.2 Å². The van der Waals surface area contributed by atoms with E-state index in [-0.39, 0.29) is 0 Å². The Hall–Kier alpha value is -2.09. The van der Waals surface area contributed by atoms with Crippen molar-refractivity contribution in [1.29, 1.82) is 5.26 Å². The van der Waals surface area contributed by atoms with Crippen LogP contribution in [0.1, 0.15) is 30.7 Å². The summed E-state index contributed by atoms with van der Waals surface area (Å²) in [6.07, 6.45) is 0. The first kappa shape index (κ1) is 15.0. The summed E-state index contributed by atoms with van der Waals surface area (Å²) < 4.78 is 0. The molecule has 1 unspecified atom stereocenters. The minimum absolute atomic E-state index is 0.344. The molecule has 1 N–H and O–H groups in total. The van der Waals surface area contributed by atoms with Gasteiger partial charge in [0.05, 0.1) is 11.5 Å². The van der Waals surface area contributed by atoms with E-state index >= 15 is 0 Å². The predicted molar refractivity (Wildman–Crippen MR) is 73.1 cm³/mol. The highest BCUT2D eigenvalue weighted by Gasteiger charge is 2.20. The van der Waals surface area contributed by atoms with Crippen LogP contribution in [0.4, 0.5) is 5.82 Å². The molecule has 0 saturated carbocycles. The molecular weight excluding hydrogens is 242 g/mol. The quantitative estimate of drug-likeness (QED) is 0.878. The Labute approximate surface area is 113 Å². The van der Waals surface area contributed by atoms with Gasteiger partial charge in [0.2, 0.25) is 0 Å². The van der Waals surface area contributed by atoms with Gasteiger partial charge in [0, 0.05) is 18.8 Å². The summed E-state index contributed by atoms with van der Waals surface area (Å²) in [5, 5.41) is 18.2. The molecule has 0 aliphatic carbocycles. The van der Waals surface area contributed by atoms with E-state index in [0.29, 0.717) is 24.5 Å². The molecule has 1 rings (SSSR count). The lowest BCUT2D eigenvalue weighted by molar-refractivity contribution is -0.140. The number of aliphatic carboxylic acids is 1. The standard InChI is InChI=1S/C14H19N3O2/c1-5-17(8-10(3)14(18)19)13-12(7-15)9(2)6-11(4)16-13/h6,10H,5,8H2,1-4H3,(H,18,19). The van der Waals surface area contributed by atoms with E-state index in [1.54, 1.807) is 6.92 Å². The zero-order valence-electron chi connectivity index (χ0n) is 11.8. The van der Waals surface area contributed by atoms with Crippen LogP contribution in [0.25, 0.3) is 0 Å². The molecule has 0 saturated heterocycles. The largest absolute Gasteiger partial charge is 0.481 e. The molecular formula is C14H19N3O2. The van der Waals surface area contributed by atoms with Gasteiger partial charge in [-0.3, -0.25) is 4.79 Å². The number of aryl methyl sites for hydroxylation is 2. The first-order valence-electron chi connectivity index (χ1n) is 6.26. The van der Waals surface area contributed by atoms with Crippen LogP contribution < -0.4 is 4.90 Å². The molecule has 1 atom stereocenters. The average molecular weight is 261 g/mol. The molecule has 19 heavy (non-hydrogen) atoms. The monoisotopic (exact) mass is 261 g/mol. The molecule has 1 aromatic rings. The number of anilines is 1. The minimum atomic E-state index is -0.846. The lowest BCUT2D eigenvalue weighted by atomic mass is 10.1. The van der Waals surface area contributed by atoms with Crippen LogP contribution in [0, 0.1) is 31.1 Å². The van der Waals surface area contributed by atoms with Gasteiger partial charge in [-0.1, -0.05) is 6.92 Å². The predicted octanol–water partition coefficient (Wildman–Crippen LogP) is 2.12. The molecule has 0 aliphatic rings. The molecule has 1 aromatic heterocycles. The molecule has 1 heterocycles. The van der Waals surface area contributed by atoms with E-state index in [9.17, 15) is 10.1 Å². The minimum Gasteiger partial charge on any atom is -0.481 e. The molecule has 0 amide bonds. The summed E-state index contributed by atoms with van der Waals surface area (Å²) in [5.41, 5.74) is 2.21. The van der Waals surface area contributed by atoms with Gasteiger partial charge in [0.1, 0.15) is 11.9 Å². The van der Waals surface area contributed by atoms with Crippen molar-refractivity contribution in [1.82, 2.24) is 4.98 Å². The summed E-state index contributed by atoms with van der Waals surface area (Å²) in [5.74, 6) is -0.772. The first-order valence-corrected chi connectivity index (χ1v) is 6.26. The third-order valence-electron chi connectivity index (χ3n) is 3.03. The summed E-state index contributed by atoms with van der Waals surface area (Å²) in [6, 6.07) is 4.01. The van der Waals surface area contributed by atoms with Crippen molar-refractivity contribution in [3.63, 3.8) is 0 Å². The summed E-state index contributed by atoms with van der Waals surface area (Å²) in [4.78, 5) is 17.2. The van der Waals surface area contributed by atoms with Gasteiger partial charge in [-0.25, -0.2) is 4.98 Å². The number of carboxylic acids is 1. The van der Waals surface area contributed by atoms with Gasteiger partial charge in [-0.15, -0.1) is 0 Å². The molecule has 0 aromatic carbocycles. The Morgan fingerprint density at radius 3 is 2.68 bits per heavy atom. The summed E-state index contributed by atoms with van der Waals surface area (Å²) >= 11 is 0. The van der Waals surface area contributed by atoms with Crippen LogP contribution in [-0.4, -0.2) is 29.1 Å². The average Bonchev–Trinajstić information content (AvgIpc) is 2.34. The number of hydrogen-bond acceptors (Lipinski definition) is 4. The van der Waals surface area contributed by atoms with Gasteiger partial charge >= 0.3 is 5.97 Å². The van der Waals surface area contributed by atoms with Gasteiger partial charge in [-0.05, 0) is 32.4 Å². The van der Waals surface area contributed by atoms with Crippen molar-refractivity contribution >= 4 is 11.8 Å². The Morgan fingerprint density at radius 2 is 2.21 bits per heavy atom. The maximum atomic E-state index is 11.0. The molecule has 0 spiro atoms. The molecule has 5 nitrogen and oxygen atoms in total. The second kappa shape index (κ2) is 6.19. The fourth-order valence-corrected chi connectivity index (χ4v) is 1.96. The number of hydrogen-bond donors (Lipinski definition) is 1. The molecule has 0 bridgehead atoms. The van der Waals surface area contributed by atoms with Gasteiger partial charge in [0.25, 0.3) is 0 Å². The number of rotatable bonds is 5. The Bertz CT molecular complexity index is 520. The number of carbonyl (C=O) groups is 1. The summed E-state index contributed by atoms with van der Waals surface area (Å²) in [6.45, 7) is 8.27. The highest BCUT2D eigenvalue weighted by atomic mass is 16.4. The van der Waals surface area contributed by atoms with E-state index in [2.05, 4.69) is 11.1 Å². The van der Waals surface area contributed by atoms with E-state index in [0.717, 1.165) is 11.3 Å². The third kappa shape index (κ3) is 3.44. The highest BCUT2D eigenvalue weighted by Crippen LogP contribution is 2.22. The third-order valence-corrected chi connectivity index (χ3v) is 3.03. The van der Waals surface area contributed by atoms with Crippen LogP contribution in [0.3, 0.4) is 0 Å². The maximum absolute atomic E-state index is 11.0. The normalized spacial score (nSPS) is 11.7. The number of carboxylic acid groups (broad SMARTS) is 1. The molecule has 0 aliphatic heterocycles. The van der Waals surface area contributed by atoms with Crippen molar-refractivity contribution in [2.24, 2.45) is 5.92 Å². The van der Waals surface area contributed by atoms with Crippen molar-refractivity contribution < 1.29 is 9.90 Å². The summed E-state index contributed by atoms with van der Waals surface area (Å²) in [7, 11) is 0. The van der Waals surface area contributed by atoms with Crippen LogP contribution >= 0.6 is 0 Å². The molecule has 0 fully saturated rings.